The minimum Gasteiger partial charge on any atom is -0.422 e. The number of carbonyl (C=O) groups excluding carboxylic acids is 2. The number of nitrogens with one attached hydrogen (secondary N) is 2. The number of rotatable bonds is 2. The fourth-order valence-corrected chi connectivity index (χ4v) is 1.53. The molecule has 0 unspecified atom stereocenters. The number of amides is 2. The van der Waals surface area contributed by atoms with Crippen molar-refractivity contribution in [2.75, 3.05) is 0 Å². The van der Waals surface area contributed by atoms with Gasteiger partial charge in [-0.3, -0.25) is 20.4 Å². The zero-order valence-corrected chi connectivity index (χ0v) is 10.2. The Morgan fingerprint density at radius 3 is 2.75 bits per heavy atom. The third kappa shape index (κ3) is 2.81. The number of fused-ring (bicyclic) bond motifs is 1. The van der Waals surface area contributed by atoms with Crippen molar-refractivity contribution in [3.8, 4) is 6.07 Å². The SMILES string of the molecule is N#CCC(=O)NNC(=O)c1cc2ccccc2oc1=O. The van der Waals surface area contributed by atoms with E-state index < -0.39 is 23.9 Å². The molecule has 0 fully saturated rings. The highest BCUT2D eigenvalue weighted by Crippen LogP contribution is 2.12. The van der Waals surface area contributed by atoms with Gasteiger partial charge in [-0.15, -0.1) is 0 Å². The molecule has 0 aliphatic heterocycles. The minimum absolute atomic E-state index is 0.235. The Bertz CT molecular complexity index is 773. The lowest BCUT2D eigenvalue weighted by molar-refractivity contribution is -0.120. The minimum atomic E-state index is -0.810. The van der Waals surface area contributed by atoms with Crippen LogP contribution in [-0.2, 0) is 4.79 Å². The lowest BCUT2D eigenvalue weighted by Crippen LogP contribution is -2.42. The van der Waals surface area contributed by atoms with Crippen LogP contribution in [0.3, 0.4) is 0 Å². The van der Waals surface area contributed by atoms with E-state index in [1.165, 1.54) is 6.07 Å². The molecule has 2 N–H and O–H groups in total. The fourth-order valence-electron chi connectivity index (χ4n) is 1.53. The zero-order valence-electron chi connectivity index (χ0n) is 10.2. The molecule has 1 aromatic carbocycles. The molecule has 0 saturated heterocycles. The van der Waals surface area contributed by atoms with Gasteiger partial charge in [0.05, 0.1) is 6.07 Å². The van der Waals surface area contributed by atoms with Crippen LogP contribution in [0.15, 0.2) is 39.5 Å². The van der Waals surface area contributed by atoms with Crippen LogP contribution in [0, 0.1) is 11.3 Å². The summed E-state index contributed by atoms with van der Waals surface area (Å²) in [4.78, 5) is 34.4. The maximum absolute atomic E-state index is 11.7. The topological polar surface area (TPSA) is 112 Å². The molecule has 2 amide bonds. The second-order valence-corrected chi connectivity index (χ2v) is 3.82. The first kappa shape index (κ1) is 13.3. The summed E-state index contributed by atoms with van der Waals surface area (Å²) in [7, 11) is 0. The van der Waals surface area contributed by atoms with E-state index in [0.717, 1.165) is 0 Å². The van der Waals surface area contributed by atoms with E-state index in [1.807, 2.05) is 10.9 Å². The summed E-state index contributed by atoms with van der Waals surface area (Å²) in [6, 6.07) is 9.72. The molecule has 7 nitrogen and oxygen atoms in total. The first-order valence-corrected chi connectivity index (χ1v) is 5.61. The first-order chi connectivity index (χ1) is 9.61. The summed E-state index contributed by atoms with van der Waals surface area (Å²) < 4.78 is 4.99. The molecular weight excluding hydrogens is 262 g/mol. The molecule has 0 bridgehead atoms. The Labute approximate surface area is 112 Å². The number of nitriles is 1. The Morgan fingerprint density at radius 1 is 1.25 bits per heavy atom. The zero-order chi connectivity index (χ0) is 14.5. The second-order valence-electron chi connectivity index (χ2n) is 3.82. The summed E-state index contributed by atoms with van der Waals surface area (Å²) in [6.07, 6.45) is -0.396. The van der Waals surface area contributed by atoms with Crippen molar-refractivity contribution >= 4 is 22.8 Å². The summed E-state index contributed by atoms with van der Waals surface area (Å²) in [5.74, 6) is -1.48. The van der Waals surface area contributed by atoms with Crippen molar-refractivity contribution in [3.63, 3.8) is 0 Å². The second kappa shape index (κ2) is 5.67. The predicted molar refractivity (Wildman–Crippen MR) is 68.3 cm³/mol. The van der Waals surface area contributed by atoms with Gasteiger partial charge in [0.25, 0.3) is 11.8 Å². The molecule has 1 heterocycles. The highest BCUT2D eigenvalue weighted by molar-refractivity contribution is 5.97. The van der Waals surface area contributed by atoms with Crippen LogP contribution in [0.4, 0.5) is 0 Å². The number of carbonyl (C=O) groups is 2. The summed E-state index contributed by atoms with van der Waals surface area (Å²) in [5.41, 5.74) is 3.37. The molecular formula is C13H9N3O4. The molecule has 0 atom stereocenters. The Morgan fingerprint density at radius 2 is 2.00 bits per heavy atom. The van der Waals surface area contributed by atoms with Gasteiger partial charge in [0.2, 0.25) is 0 Å². The molecule has 0 aliphatic rings. The van der Waals surface area contributed by atoms with Crippen molar-refractivity contribution in [2.24, 2.45) is 0 Å². The standard InChI is InChI=1S/C13H9N3O4/c14-6-5-11(17)15-16-12(18)9-7-8-3-1-2-4-10(8)20-13(9)19/h1-4,7H,5H2,(H,15,17)(H,16,18). The molecule has 1 aromatic heterocycles. The number of hydrogen-bond donors (Lipinski definition) is 2. The molecule has 20 heavy (non-hydrogen) atoms. The van der Waals surface area contributed by atoms with Crippen LogP contribution in [0.2, 0.25) is 0 Å². The maximum atomic E-state index is 11.7. The van der Waals surface area contributed by atoms with Crippen LogP contribution in [0.5, 0.6) is 0 Å². The lowest BCUT2D eigenvalue weighted by atomic mass is 10.2. The molecule has 2 aromatic rings. The molecule has 7 heteroatoms. The van der Waals surface area contributed by atoms with Crippen molar-refractivity contribution in [1.29, 1.82) is 5.26 Å². The Hall–Kier alpha value is -3.14. The van der Waals surface area contributed by atoms with Gasteiger partial charge >= 0.3 is 5.63 Å². The average molecular weight is 271 g/mol. The summed E-state index contributed by atoms with van der Waals surface area (Å²) in [5, 5.41) is 8.88. The lowest BCUT2D eigenvalue weighted by Gasteiger charge is -2.05. The fraction of sp³-hybridized carbons (Fsp3) is 0.0769. The van der Waals surface area contributed by atoms with Gasteiger partial charge < -0.3 is 4.42 Å². The number of benzene rings is 1. The largest absolute Gasteiger partial charge is 0.422 e. The monoisotopic (exact) mass is 271 g/mol. The van der Waals surface area contributed by atoms with Gasteiger partial charge in [-0.25, -0.2) is 4.79 Å². The molecule has 2 rings (SSSR count). The highest BCUT2D eigenvalue weighted by atomic mass is 16.4. The van der Waals surface area contributed by atoms with Crippen molar-refractivity contribution < 1.29 is 14.0 Å². The highest BCUT2D eigenvalue weighted by Gasteiger charge is 2.14. The number of hydrazine groups is 1. The van der Waals surface area contributed by atoms with Gasteiger partial charge in [0, 0.05) is 5.39 Å². The normalized spacial score (nSPS) is 9.75. The van der Waals surface area contributed by atoms with Crippen LogP contribution in [-0.4, -0.2) is 11.8 Å². The van der Waals surface area contributed by atoms with E-state index >= 15 is 0 Å². The predicted octanol–water partition coefficient (Wildman–Crippen LogP) is 0.468. The molecule has 0 spiro atoms. The van der Waals surface area contributed by atoms with E-state index in [0.29, 0.717) is 11.0 Å². The van der Waals surface area contributed by atoms with Crippen LogP contribution < -0.4 is 16.5 Å². The average Bonchev–Trinajstić information content (AvgIpc) is 2.44. The Balaban J connectivity index is 2.22. The van der Waals surface area contributed by atoms with Crippen LogP contribution >= 0.6 is 0 Å². The van der Waals surface area contributed by atoms with Gasteiger partial charge in [0.1, 0.15) is 17.6 Å². The van der Waals surface area contributed by atoms with Crippen LogP contribution in [0.25, 0.3) is 11.0 Å². The number of para-hydroxylation sites is 1. The summed E-state index contributed by atoms with van der Waals surface area (Å²) >= 11 is 0. The van der Waals surface area contributed by atoms with Crippen LogP contribution in [0.1, 0.15) is 16.8 Å². The first-order valence-electron chi connectivity index (χ1n) is 5.61. The number of nitrogens with zero attached hydrogens (tertiary/aromatic N) is 1. The van der Waals surface area contributed by atoms with Gasteiger partial charge in [0.15, 0.2) is 0 Å². The molecule has 0 radical (unpaired) electrons. The molecule has 0 aliphatic carbocycles. The van der Waals surface area contributed by atoms with Gasteiger partial charge in [-0.1, -0.05) is 18.2 Å². The smallest absolute Gasteiger partial charge is 0.349 e. The van der Waals surface area contributed by atoms with Gasteiger partial charge in [-0.05, 0) is 12.1 Å². The molecule has 100 valence electrons. The number of hydrogen-bond acceptors (Lipinski definition) is 5. The van der Waals surface area contributed by atoms with E-state index in [-0.39, 0.29) is 5.56 Å². The Kier molecular flexibility index (Phi) is 3.77. The van der Waals surface area contributed by atoms with E-state index in [4.69, 9.17) is 9.68 Å². The quantitative estimate of drug-likeness (QED) is 0.609. The summed E-state index contributed by atoms with van der Waals surface area (Å²) in [6.45, 7) is 0. The van der Waals surface area contributed by atoms with Gasteiger partial charge in [-0.2, -0.15) is 5.26 Å². The maximum Gasteiger partial charge on any atom is 0.349 e. The third-order valence-electron chi connectivity index (χ3n) is 2.44. The third-order valence-corrected chi connectivity index (χ3v) is 2.44. The van der Waals surface area contributed by atoms with E-state index in [1.54, 1.807) is 30.3 Å². The van der Waals surface area contributed by atoms with E-state index in [2.05, 4.69) is 0 Å². The van der Waals surface area contributed by atoms with E-state index in [9.17, 15) is 14.4 Å². The van der Waals surface area contributed by atoms with Crippen molar-refractivity contribution in [3.05, 3.63) is 46.3 Å². The van der Waals surface area contributed by atoms with Crippen molar-refractivity contribution in [1.82, 2.24) is 10.9 Å². The molecule has 0 saturated carbocycles. The van der Waals surface area contributed by atoms with Crippen molar-refractivity contribution in [2.45, 2.75) is 6.42 Å².